The summed E-state index contributed by atoms with van der Waals surface area (Å²) in [5.74, 6) is -1.22. The van der Waals surface area contributed by atoms with Crippen LogP contribution in [0.2, 0.25) is 0 Å². The van der Waals surface area contributed by atoms with Crippen LogP contribution in [0.5, 0.6) is 0 Å². The van der Waals surface area contributed by atoms with E-state index >= 15 is 0 Å². The zero-order chi connectivity index (χ0) is 23.3. The molecule has 3 amide bonds. The SMILES string of the molecule is Cc1ccccc1-n1ncc2c1CC(C)(C)C[C@H]2NC(=O)CN1C(=O)c2ccccc2C1=O. The second-order valence-electron chi connectivity index (χ2n) is 9.65. The lowest BCUT2D eigenvalue weighted by Gasteiger charge is -2.36. The normalized spacial score (nSPS) is 18.8. The number of nitrogens with zero attached hydrogens (tertiary/aromatic N) is 3. The van der Waals surface area contributed by atoms with Crippen molar-refractivity contribution < 1.29 is 14.4 Å². The Bertz CT molecular complexity index is 1260. The number of hydrogen-bond donors (Lipinski definition) is 1. The molecule has 5 rings (SSSR count). The maximum absolute atomic E-state index is 13.0. The summed E-state index contributed by atoms with van der Waals surface area (Å²) in [6.07, 6.45) is 3.40. The highest BCUT2D eigenvalue weighted by Gasteiger charge is 2.39. The summed E-state index contributed by atoms with van der Waals surface area (Å²) >= 11 is 0. The number of fused-ring (bicyclic) bond motifs is 2. The number of aryl methyl sites for hydroxylation is 1. The van der Waals surface area contributed by atoms with Crippen LogP contribution in [-0.4, -0.2) is 38.9 Å². The topological polar surface area (TPSA) is 84.3 Å². The lowest BCUT2D eigenvalue weighted by molar-refractivity contribution is -0.122. The van der Waals surface area contributed by atoms with E-state index in [9.17, 15) is 14.4 Å². The second kappa shape index (κ2) is 7.69. The molecule has 0 saturated carbocycles. The number of hydrogen-bond acceptors (Lipinski definition) is 4. The Hall–Kier alpha value is -3.74. The van der Waals surface area contributed by atoms with Gasteiger partial charge < -0.3 is 5.32 Å². The quantitative estimate of drug-likeness (QED) is 0.626. The Morgan fingerprint density at radius 3 is 2.36 bits per heavy atom. The van der Waals surface area contributed by atoms with E-state index in [0.29, 0.717) is 11.1 Å². The summed E-state index contributed by atoms with van der Waals surface area (Å²) in [6.45, 7) is 6.10. The van der Waals surface area contributed by atoms with Crippen molar-refractivity contribution in [3.8, 4) is 5.69 Å². The van der Waals surface area contributed by atoms with Gasteiger partial charge in [0.1, 0.15) is 6.54 Å². The highest BCUT2D eigenvalue weighted by atomic mass is 16.2. The fourth-order valence-corrected chi connectivity index (χ4v) is 4.95. The van der Waals surface area contributed by atoms with E-state index in [0.717, 1.165) is 40.2 Å². The number of nitrogens with one attached hydrogen (secondary N) is 1. The Morgan fingerprint density at radius 1 is 1.06 bits per heavy atom. The van der Waals surface area contributed by atoms with E-state index in [4.69, 9.17) is 0 Å². The number of para-hydroxylation sites is 1. The van der Waals surface area contributed by atoms with Crippen molar-refractivity contribution in [3.05, 3.63) is 82.7 Å². The number of imide groups is 1. The van der Waals surface area contributed by atoms with Gasteiger partial charge in [0.15, 0.2) is 0 Å². The average Bonchev–Trinajstić information content (AvgIpc) is 3.28. The third kappa shape index (κ3) is 3.63. The first-order chi connectivity index (χ1) is 15.7. The van der Waals surface area contributed by atoms with Gasteiger partial charge in [-0.05, 0) is 48.9 Å². The van der Waals surface area contributed by atoms with Gasteiger partial charge >= 0.3 is 0 Å². The summed E-state index contributed by atoms with van der Waals surface area (Å²) in [6, 6.07) is 14.5. The standard InChI is InChI=1S/C26H26N4O3/c1-16-8-4-7-11-21(16)30-22-13-26(2,3)12-20(19(22)14-27-30)28-23(31)15-29-24(32)17-9-5-6-10-18(17)25(29)33/h4-11,14,20H,12-13,15H2,1-3H3,(H,28,31)/t20-/m1/s1. The molecule has 7 nitrogen and oxygen atoms in total. The van der Waals surface area contributed by atoms with Gasteiger partial charge in [-0.2, -0.15) is 5.10 Å². The van der Waals surface area contributed by atoms with Crippen LogP contribution in [0.15, 0.2) is 54.7 Å². The van der Waals surface area contributed by atoms with Crippen molar-refractivity contribution in [2.24, 2.45) is 5.41 Å². The molecule has 3 aromatic rings. The molecular formula is C26H26N4O3. The molecule has 2 aromatic carbocycles. The highest BCUT2D eigenvalue weighted by Crippen LogP contribution is 2.41. The van der Waals surface area contributed by atoms with Crippen LogP contribution in [0.25, 0.3) is 5.69 Å². The third-order valence-electron chi connectivity index (χ3n) is 6.54. The smallest absolute Gasteiger partial charge is 0.262 e. The van der Waals surface area contributed by atoms with Crippen molar-refractivity contribution in [3.63, 3.8) is 0 Å². The molecule has 0 saturated heterocycles. The summed E-state index contributed by atoms with van der Waals surface area (Å²) in [5, 5.41) is 7.72. The van der Waals surface area contributed by atoms with E-state index in [2.05, 4.69) is 37.3 Å². The number of carbonyl (C=O) groups excluding carboxylic acids is 3. The monoisotopic (exact) mass is 442 g/mol. The molecule has 2 aliphatic rings. The van der Waals surface area contributed by atoms with Gasteiger partial charge in [0.25, 0.3) is 11.8 Å². The molecular weight excluding hydrogens is 416 g/mol. The Morgan fingerprint density at radius 2 is 1.70 bits per heavy atom. The first-order valence-corrected chi connectivity index (χ1v) is 11.1. The number of amides is 3. The zero-order valence-electron chi connectivity index (χ0n) is 19.0. The maximum atomic E-state index is 13.0. The molecule has 7 heteroatoms. The van der Waals surface area contributed by atoms with Crippen molar-refractivity contribution in [1.82, 2.24) is 20.0 Å². The van der Waals surface area contributed by atoms with Gasteiger partial charge in [-0.1, -0.05) is 44.2 Å². The summed E-state index contributed by atoms with van der Waals surface area (Å²) in [4.78, 5) is 39.3. The van der Waals surface area contributed by atoms with Crippen molar-refractivity contribution in [2.75, 3.05) is 6.54 Å². The minimum Gasteiger partial charge on any atom is -0.348 e. The molecule has 0 radical (unpaired) electrons. The van der Waals surface area contributed by atoms with Crippen molar-refractivity contribution in [1.29, 1.82) is 0 Å². The van der Waals surface area contributed by atoms with Crippen LogP contribution in [0.1, 0.15) is 63.8 Å². The summed E-state index contributed by atoms with van der Waals surface area (Å²) < 4.78 is 1.97. The highest BCUT2D eigenvalue weighted by molar-refractivity contribution is 6.22. The van der Waals surface area contributed by atoms with E-state index in [1.807, 2.05) is 29.1 Å². The molecule has 1 aliphatic carbocycles. The van der Waals surface area contributed by atoms with Crippen LogP contribution < -0.4 is 5.32 Å². The number of rotatable bonds is 4. The van der Waals surface area contributed by atoms with Crippen molar-refractivity contribution in [2.45, 2.75) is 39.7 Å². The molecule has 0 unspecified atom stereocenters. The van der Waals surface area contributed by atoms with E-state index in [1.165, 1.54) is 0 Å². The largest absolute Gasteiger partial charge is 0.348 e. The van der Waals surface area contributed by atoms with Crippen LogP contribution in [0, 0.1) is 12.3 Å². The van der Waals surface area contributed by atoms with Crippen LogP contribution in [-0.2, 0) is 11.2 Å². The van der Waals surface area contributed by atoms with Gasteiger partial charge in [-0.3, -0.25) is 19.3 Å². The van der Waals surface area contributed by atoms with E-state index in [1.54, 1.807) is 24.3 Å². The van der Waals surface area contributed by atoms with Crippen LogP contribution in [0.4, 0.5) is 0 Å². The molecule has 0 spiro atoms. The lowest BCUT2D eigenvalue weighted by Crippen LogP contribution is -2.43. The molecule has 0 bridgehead atoms. The molecule has 33 heavy (non-hydrogen) atoms. The van der Waals surface area contributed by atoms with Crippen LogP contribution in [0.3, 0.4) is 0 Å². The molecule has 1 N–H and O–H groups in total. The molecule has 0 fully saturated rings. The van der Waals surface area contributed by atoms with Gasteiger partial charge in [-0.15, -0.1) is 0 Å². The maximum Gasteiger partial charge on any atom is 0.262 e. The number of benzene rings is 2. The van der Waals surface area contributed by atoms with Gasteiger partial charge in [0.2, 0.25) is 5.91 Å². The summed E-state index contributed by atoms with van der Waals surface area (Å²) in [5.41, 5.74) is 4.83. The Labute approximate surface area is 192 Å². The second-order valence-corrected chi connectivity index (χ2v) is 9.65. The zero-order valence-corrected chi connectivity index (χ0v) is 19.0. The Balaban J connectivity index is 1.39. The molecule has 1 aliphatic heterocycles. The first kappa shape index (κ1) is 21.1. The van der Waals surface area contributed by atoms with Gasteiger partial charge in [-0.25, -0.2) is 4.68 Å². The van der Waals surface area contributed by atoms with E-state index < -0.39 is 11.8 Å². The number of carbonyl (C=O) groups is 3. The minimum absolute atomic E-state index is 0.0546. The molecule has 1 atom stereocenters. The first-order valence-electron chi connectivity index (χ1n) is 11.1. The molecule has 168 valence electrons. The molecule has 1 aromatic heterocycles. The fourth-order valence-electron chi connectivity index (χ4n) is 4.95. The fraction of sp³-hybridized carbons (Fsp3) is 0.308. The average molecular weight is 443 g/mol. The minimum atomic E-state index is -0.428. The van der Waals surface area contributed by atoms with Crippen LogP contribution >= 0.6 is 0 Å². The van der Waals surface area contributed by atoms with Gasteiger partial charge in [0, 0.05) is 5.56 Å². The predicted octanol–water partition coefficient (Wildman–Crippen LogP) is 3.61. The molecule has 2 heterocycles. The Kier molecular flexibility index (Phi) is 4.92. The third-order valence-corrected chi connectivity index (χ3v) is 6.54. The van der Waals surface area contributed by atoms with Crippen molar-refractivity contribution >= 4 is 17.7 Å². The lowest BCUT2D eigenvalue weighted by atomic mass is 9.74. The summed E-state index contributed by atoms with van der Waals surface area (Å²) in [7, 11) is 0. The predicted molar refractivity (Wildman–Crippen MR) is 123 cm³/mol. The number of aromatic nitrogens is 2. The van der Waals surface area contributed by atoms with Gasteiger partial charge in [0.05, 0.1) is 34.7 Å². The van der Waals surface area contributed by atoms with E-state index in [-0.39, 0.29) is 23.9 Å².